The summed E-state index contributed by atoms with van der Waals surface area (Å²) in [5, 5.41) is 5.59. The summed E-state index contributed by atoms with van der Waals surface area (Å²) in [6, 6.07) is 7.88. The van der Waals surface area contributed by atoms with Crippen molar-refractivity contribution in [3.63, 3.8) is 0 Å². The lowest BCUT2D eigenvalue weighted by Crippen LogP contribution is -2.28. The first-order valence-corrected chi connectivity index (χ1v) is 13.3. The maximum Gasteiger partial charge on any atom is 0.360 e. The van der Waals surface area contributed by atoms with Crippen LogP contribution in [-0.4, -0.2) is 55.2 Å². The Bertz CT molecular complexity index is 1210. The number of methoxy groups -OCH3 is 1. The Kier molecular flexibility index (Phi) is 10.4. The zero-order valence-corrected chi connectivity index (χ0v) is 23.2. The summed E-state index contributed by atoms with van der Waals surface area (Å²) in [6.07, 6.45) is 1.94. The number of hydrogen-bond acceptors (Lipinski definition) is 8. The number of pyridine rings is 1. The van der Waals surface area contributed by atoms with Crippen LogP contribution in [0.5, 0.6) is 5.75 Å². The zero-order valence-electron chi connectivity index (χ0n) is 23.2. The molecule has 0 bridgehead atoms. The van der Waals surface area contributed by atoms with Gasteiger partial charge in [0.15, 0.2) is 5.69 Å². The van der Waals surface area contributed by atoms with Gasteiger partial charge < -0.3 is 24.8 Å². The van der Waals surface area contributed by atoms with Gasteiger partial charge in [-0.05, 0) is 61.9 Å². The Balaban J connectivity index is 1.98. The van der Waals surface area contributed by atoms with Gasteiger partial charge in [-0.25, -0.2) is 9.78 Å². The van der Waals surface area contributed by atoms with Gasteiger partial charge in [0.25, 0.3) is 11.8 Å². The number of ether oxygens (including phenoxy) is 3. The lowest BCUT2D eigenvalue weighted by molar-refractivity contribution is -0.166. The molecule has 1 aromatic carbocycles. The minimum atomic E-state index is -1.19. The molecular weight excluding hydrogens is 502 g/mol. The first-order chi connectivity index (χ1) is 18.7. The Morgan fingerprint density at radius 1 is 0.974 bits per heavy atom. The topological polar surface area (TPSA) is 133 Å². The van der Waals surface area contributed by atoms with E-state index in [0.717, 1.165) is 19.3 Å². The van der Waals surface area contributed by atoms with E-state index in [-0.39, 0.29) is 40.8 Å². The number of amides is 2. The fraction of sp³-hybridized carbons (Fsp3) is 0.483. The highest BCUT2D eigenvalue weighted by molar-refractivity contribution is 6.05. The van der Waals surface area contributed by atoms with Crippen LogP contribution in [0.1, 0.15) is 84.7 Å². The molecule has 1 unspecified atom stereocenters. The Morgan fingerprint density at radius 2 is 1.72 bits per heavy atom. The summed E-state index contributed by atoms with van der Waals surface area (Å²) in [4.78, 5) is 55.6. The van der Waals surface area contributed by atoms with Gasteiger partial charge in [-0.15, -0.1) is 0 Å². The van der Waals surface area contributed by atoms with Crippen molar-refractivity contribution in [3.05, 3.63) is 47.3 Å². The van der Waals surface area contributed by atoms with Gasteiger partial charge in [-0.2, -0.15) is 0 Å². The molecule has 0 spiro atoms. The van der Waals surface area contributed by atoms with E-state index in [1.807, 2.05) is 13.8 Å². The van der Waals surface area contributed by atoms with Crippen molar-refractivity contribution in [3.8, 4) is 16.9 Å². The SMILES string of the molecule is CCNC(=O)c1ccc(OC)cc1-c1ccc(C(=O)NCC2CC2)nc1C(=O)OC(C)OC(=O)C[C@@H](C)CC. The van der Waals surface area contributed by atoms with Gasteiger partial charge >= 0.3 is 11.9 Å². The van der Waals surface area contributed by atoms with Gasteiger partial charge in [0.1, 0.15) is 11.4 Å². The summed E-state index contributed by atoms with van der Waals surface area (Å²) in [6.45, 7) is 8.05. The molecule has 3 rings (SSSR count). The molecule has 0 radical (unpaired) electrons. The molecule has 0 saturated heterocycles. The second-order valence-corrected chi connectivity index (χ2v) is 9.70. The number of esters is 2. The van der Waals surface area contributed by atoms with E-state index in [1.165, 1.54) is 20.1 Å². The molecule has 2 amide bonds. The summed E-state index contributed by atoms with van der Waals surface area (Å²) in [7, 11) is 1.49. The third-order valence-corrected chi connectivity index (χ3v) is 6.45. The van der Waals surface area contributed by atoms with E-state index in [4.69, 9.17) is 14.2 Å². The van der Waals surface area contributed by atoms with Crippen molar-refractivity contribution in [2.75, 3.05) is 20.2 Å². The molecule has 10 heteroatoms. The van der Waals surface area contributed by atoms with Crippen molar-refractivity contribution >= 4 is 23.8 Å². The van der Waals surface area contributed by atoms with E-state index in [9.17, 15) is 19.2 Å². The summed E-state index contributed by atoms with van der Waals surface area (Å²) >= 11 is 0. The van der Waals surface area contributed by atoms with Crippen LogP contribution in [-0.2, 0) is 14.3 Å². The molecule has 1 fully saturated rings. The van der Waals surface area contributed by atoms with Gasteiger partial charge in [0.05, 0.1) is 7.11 Å². The molecule has 2 atom stereocenters. The molecule has 1 saturated carbocycles. The van der Waals surface area contributed by atoms with Gasteiger partial charge in [0.2, 0.25) is 6.29 Å². The van der Waals surface area contributed by atoms with Crippen LogP contribution in [0, 0.1) is 11.8 Å². The predicted molar refractivity (Wildman–Crippen MR) is 144 cm³/mol. The van der Waals surface area contributed by atoms with E-state index in [0.29, 0.717) is 30.3 Å². The van der Waals surface area contributed by atoms with Crippen LogP contribution in [0.15, 0.2) is 30.3 Å². The average Bonchev–Trinajstić information content (AvgIpc) is 3.75. The van der Waals surface area contributed by atoms with Crippen molar-refractivity contribution in [1.29, 1.82) is 0 Å². The van der Waals surface area contributed by atoms with Gasteiger partial charge in [-0.3, -0.25) is 14.4 Å². The second-order valence-electron chi connectivity index (χ2n) is 9.70. The summed E-state index contributed by atoms with van der Waals surface area (Å²) in [5.74, 6) is -1.14. The van der Waals surface area contributed by atoms with E-state index < -0.39 is 24.1 Å². The molecule has 1 aliphatic rings. The molecule has 2 N–H and O–H groups in total. The fourth-order valence-corrected chi connectivity index (χ4v) is 3.83. The van der Waals surface area contributed by atoms with Crippen molar-refractivity contribution in [1.82, 2.24) is 15.6 Å². The molecule has 39 heavy (non-hydrogen) atoms. The van der Waals surface area contributed by atoms with Crippen LogP contribution < -0.4 is 15.4 Å². The summed E-state index contributed by atoms with van der Waals surface area (Å²) in [5.41, 5.74) is 0.739. The number of aromatic nitrogens is 1. The predicted octanol–water partition coefficient (Wildman–Crippen LogP) is 4.13. The highest BCUT2D eigenvalue weighted by Crippen LogP contribution is 2.31. The second kappa shape index (κ2) is 13.7. The first kappa shape index (κ1) is 29.6. The lowest BCUT2D eigenvalue weighted by atomic mass is 9.96. The Labute approximate surface area is 228 Å². The molecule has 210 valence electrons. The van der Waals surface area contributed by atoms with Crippen LogP contribution in [0.2, 0.25) is 0 Å². The number of carbonyl (C=O) groups excluding carboxylic acids is 4. The summed E-state index contributed by atoms with van der Waals surface area (Å²) < 4.78 is 16.0. The third-order valence-electron chi connectivity index (χ3n) is 6.45. The van der Waals surface area contributed by atoms with E-state index >= 15 is 0 Å². The number of nitrogens with zero attached hydrogens (tertiary/aromatic N) is 1. The van der Waals surface area contributed by atoms with Crippen molar-refractivity contribution in [2.24, 2.45) is 11.8 Å². The average molecular weight is 540 g/mol. The normalized spacial score (nSPS) is 14.1. The lowest BCUT2D eigenvalue weighted by Gasteiger charge is -2.18. The molecule has 1 heterocycles. The number of hydrogen-bond donors (Lipinski definition) is 2. The first-order valence-electron chi connectivity index (χ1n) is 13.3. The minimum absolute atomic E-state index is 0.0234. The molecular formula is C29H37N3O7. The smallest absolute Gasteiger partial charge is 0.360 e. The van der Waals surface area contributed by atoms with Gasteiger partial charge in [0, 0.05) is 43.1 Å². The zero-order chi connectivity index (χ0) is 28.5. The molecule has 1 aliphatic carbocycles. The molecule has 1 aromatic heterocycles. The largest absolute Gasteiger partial charge is 0.497 e. The molecule has 10 nitrogen and oxygen atoms in total. The molecule has 2 aromatic rings. The minimum Gasteiger partial charge on any atom is -0.497 e. The third kappa shape index (κ3) is 8.27. The van der Waals surface area contributed by atoms with Crippen molar-refractivity contribution in [2.45, 2.75) is 59.7 Å². The number of rotatable bonds is 13. The Morgan fingerprint density at radius 3 is 2.36 bits per heavy atom. The maximum atomic E-state index is 13.4. The van der Waals surface area contributed by atoms with Crippen LogP contribution >= 0.6 is 0 Å². The Hall–Kier alpha value is -3.95. The fourth-order valence-electron chi connectivity index (χ4n) is 3.83. The maximum absolute atomic E-state index is 13.4. The van der Waals surface area contributed by atoms with Crippen LogP contribution in [0.25, 0.3) is 11.1 Å². The standard InChI is InChI=1S/C29H37N3O7/c1-6-17(3)14-25(33)38-18(4)39-29(36)26-21(12-13-24(32-26)28(35)31-16-19-8-9-19)23-15-20(37-5)10-11-22(23)27(34)30-7-2/h10-13,15,17-19H,6-9,14,16H2,1-5H3,(H,30,34)(H,31,35)/t17-,18?/m0/s1. The van der Waals surface area contributed by atoms with E-state index in [1.54, 1.807) is 31.2 Å². The van der Waals surface area contributed by atoms with E-state index in [2.05, 4.69) is 15.6 Å². The monoisotopic (exact) mass is 539 g/mol. The van der Waals surface area contributed by atoms with Gasteiger partial charge in [-0.1, -0.05) is 20.3 Å². The number of benzene rings is 1. The highest BCUT2D eigenvalue weighted by Gasteiger charge is 2.27. The quantitative estimate of drug-likeness (QED) is 0.287. The number of carbonyl (C=O) groups is 4. The molecule has 0 aliphatic heterocycles. The highest BCUT2D eigenvalue weighted by atomic mass is 16.7. The number of nitrogens with one attached hydrogen (secondary N) is 2. The van der Waals surface area contributed by atoms with Crippen LogP contribution in [0.3, 0.4) is 0 Å². The van der Waals surface area contributed by atoms with Crippen LogP contribution in [0.4, 0.5) is 0 Å². The van der Waals surface area contributed by atoms with Crippen molar-refractivity contribution < 1.29 is 33.4 Å².